The summed E-state index contributed by atoms with van der Waals surface area (Å²) in [5.74, 6) is 1.43. The van der Waals surface area contributed by atoms with Crippen LogP contribution in [0.4, 0.5) is 0 Å². The predicted molar refractivity (Wildman–Crippen MR) is 88.6 cm³/mol. The Hall–Kier alpha value is -0.710. The van der Waals surface area contributed by atoms with Gasteiger partial charge in [-0.05, 0) is 43.2 Å². The van der Waals surface area contributed by atoms with Crippen molar-refractivity contribution in [3.63, 3.8) is 0 Å². The Labute approximate surface area is 135 Å². The van der Waals surface area contributed by atoms with Crippen molar-refractivity contribution in [1.29, 1.82) is 0 Å². The smallest absolute Gasteiger partial charge is 0.241 e. The van der Waals surface area contributed by atoms with E-state index in [1.807, 2.05) is 47.9 Å². The number of halogens is 1. The average Bonchev–Trinajstić information content (AvgIpc) is 2.78. The maximum atomic E-state index is 12.5. The minimum absolute atomic E-state index is 0.0210. The zero-order chi connectivity index (χ0) is 14.8. The third-order valence-electron chi connectivity index (χ3n) is 4.23. The first-order valence-corrected chi connectivity index (χ1v) is 9.01. The largest absolute Gasteiger partial charge is 0.320 e. The Balaban J connectivity index is 1.77. The monoisotopic (exact) mass is 324 g/mol. The number of nitrogens with one attached hydrogen (secondary N) is 1. The van der Waals surface area contributed by atoms with Crippen LogP contribution in [0.15, 0.2) is 24.3 Å². The number of rotatable bonds is 3. The summed E-state index contributed by atoms with van der Waals surface area (Å²) in [6.45, 7) is 2.79. The Morgan fingerprint density at radius 3 is 2.76 bits per heavy atom. The summed E-state index contributed by atoms with van der Waals surface area (Å²) in [4.78, 5) is 14.5. The molecule has 2 aliphatic rings. The fourth-order valence-electron chi connectivity index (χ4n) is 3.06. The number of benzene rings is 1. The summed E-state index contributed by atoms with van der Waals surface area (Å²) in [6.07, 6.45) is 3.79. The van der Waals surface area contributed by atoms with Crippen molar-refractivity contribution in [3.05, 3.63) is 34.9 Å². The van der Waals surface area contributed by atoms with Gasteiger partial charge in [-0.25, -0.2) is 0 Å². The SMILES string of the molecule is CC1NC(c2ccc(Cl)cc2)N(CC2CCCCS2)C1=O. The molecule has 2 saturated heterocycles. The molecule has 3 atom stereocenters. The van der Waals surface area contributed by atoms with Gasteiger partial charge < -0.3 is 4.90 Å². The molecule has 0 aromatic heterocycles. The molecule has 1 N–H and O–H groups in total. The van der Waals surface area contributed by atoms with E-state index in [-0.39, 0.29) is 18.1 Å². The van der Waals surface area contributed by atoms with Crippen LogP contribution in [-0.2, 0) is 4.79 Å². The molecule has 5 heteroatoms. The highest BCUT2D eigenvalue weighted by Crippen LogP contribution is 2.31. The lowest BCUT2D eigenvalue weighted by atomic mass is 10.1. The lowest BCUT2D eigenvalue weighted by molar-refractivity contribution is -0.129. The molecule has 1 amide bonds. The van der Waals surface area contributed by atoms with Gasteiger partial charge in [0.1, 0.15) is 6.17 Å². The van der Waals surface area contributed by atoms with Crippen molar-refractivity contribution >= 4 is 29.3 Å². The van der Waals surface area contributed by atoms with Crippen molar-refractivity contribution in [2.45, 2.75) is 43.6 Å². The average molecular weight is 325 g/mol. The Bertz CT molecular complexity index is 502. The number of nitrogens with zero attached hydrogens (tertiary/aromatic N) is 1. The van der Waals surface area contributed by atoms with Crippen molar-refractivity contribution < 1.29 is 4.79 Å². The summed E-state index contributed by atoms with van der Waals surface area (Å²) in [6, 6.07) is 7.68. The fourth-order valence-corrected chi connectivity index (χ4v) is 4.49. The van der Waals surface area contributed by atoms with Crippen LogP contribution < -0.4 is 5.32 Å². The zero-order valence-corrected chi connectivity index (χ0v) is 13.8. The second kappa shape index (κ2) is 6.59. The number of thioether (sulfide) groups is 1. The molecular weight excluding hydrogens is 304 g/mol. The summed E-state index contributed by atoms with van der Waals surface area (Å²) in [5.41, 5.74) is 1.11. The van der Waals surface area contributed by atoms with Crippen molar-refractivity contribution in [3.8, 4) is 0 Å². The maximum Gasteiger partial charge on any atom is 0.241 e. The van der Waals surface area contributed by atoms with Crippen LogP contribution in [0.25, 0.3) is 0 Å². The topological polar surface area (TPSA) is 32.3 Å². The van der Waals surface area contributed by atoms with E-state index in [9.17, 15) is 4.79 Å². The molecular formula is C16H21ClN2OS. The van der Waals surface area contributed by atoms with Gasteiger partial charge in [0, 0.05) is 16.8 Å². The van der Waals surface area contributed by atoms with E-state index in [0.29, 0.717) is 5.25 Å². The molecule has 21 heavy (non-hydrogen) atoms. The van der Waals surface area contributed by atoms with E-state index in [4.69, 9.17) is 11.6 Å². The lowest BCUT2D eigenvalue weighted by Gasteiger charge is -2.30. The third-order valence-corrected chi connectivity index (χ3v) is 5.87. The molecule has 2 aliphatic heterocycles. The molecule has 0 bridgehead atoms. The zero-order valence-electron chi connectivity index (χ0n) is 12.2. The van der Waals surface area contributed by atoms with Gasteiger partial charge in [0.15, 0.2) is 0 Å². The molecule has 2 fully saturated rings. The van der Waals surface area contributed by atoms with Gasteiger partial charge in [0.25, 0.3) is 0 Å². The molecule has 1 aromatic rings. The van der Waals surface area contributed by atoms with Crippen LogP contribution >= 0.6 is 23.4 Å². The van der Waals surface area contributed by atoms with Crippen LogP contribution in [0.3, 0.4) is 0 Å². The fraction of sp³-hybridized carbons (Fsp3) is 0.562. The first-order chi connectivity index (χ1) is 10.1. The molecule has 3 nitrogen and oxygen atoms in total. The van der Waals surface area contributed by atoms with Crippen LogP contribution in [0.2, 0.25) is 5.02 Å². The van der Waals surface area contributed by atoms with Gasteiger partial charge in [0.2, 0.25) is 5.91 Å². The first-order valence-electron chi connectivity index (χ1n) is 7.59. The van der Waals surface area contributed by atoms with Gasteiger partial charge in [0.05, 0.1) is 6.04 Å². The van der Waals surface area contributed by atoms with Gasteiger partial charge in [-0.1, -0.05) is 30.2 Å². The number of carbonyl (C=O) groups excluding carboxylic acids is 1. The highest BCUT2D eigenvalue weighted by Gasteiger charge is 2.38. The lowest BCUT2D eigenvalue weighted by Crippen LogP contribution is -2.37. The Morgan fingerprint density at radius 1 is 1.33 bits per heavy atom. The van der Waals surface area contributed by atoms with E-state index < -0.39 is 0 Å². The molecule has 2 heterocycles. The minimum atomic E-state index is -0.112. The molecule has 0 aliphatic carbocycles. The number of carbonyl (C=O) groups is 1. The highest BCUT2D eigenvalue weighted by molar-refractivity contribution is 7.99. The van der Waals surface area contributed by atoms with Crippen molar-refractivity contribution in [1.82, 2.24) is 10.2 Å². The molecule has 0 saturated carbocycles. The van der Waals surface area contributed by atoms with Crippen LogP contribution in [0.5, 0.6) is 0 Å². The minimum Gasteiger partial charge on any atom is -0.320 e. The van der Waals surface area contributed by atoms with Gasteiger partial charge in [-0.2, -0.15) is 11.8 Å². The summed E-state index contributed by atoms with van der Waals surface area (Å²) in [5, 5.41) is 4.70. The van der Waals surface area contributed by atoms with E-state index in [2.05, 4.69) is 5.32 Å². The van der Waals surface area contributed by atoms with Crippen LogP contribution in [0, 0.1) is 0 Å². The van der Waals surface area contributed by atoms with Crippen molar-refractivity contribution in [2.24, 2.45) is 0 Å². The molecule has 3 rings (SSSR count). The third kappa shape index (κ3) is 3.38. The van der Waals surface area contributed by atoms with Crippen LogP contribution in [0.1, 0.15) is 37.9 Å². The maximum absolute atomic E-state index is 12.5. The molecule has 114 valence electrons. The Morgan fingerprint density at radius 2 is 2.10 bits per heavy atom. The number of hydrogen-bond donors (Lipinski definition) is 1. The summed E-state index contributed by atoms with van der Waals surface area (Å²) in [7, 11) is 0. The first kappa shape index (κ1) is 15.2. The number of hydrogen-bond acceptors (Lipinski definition) is 3. The summed E-state index contributed by atoms with van der Waals surface area (Å²) < 4.78 is 0. The highest BCUT2D eigenvalue weighted by atomic mass is 35.5. The van der Waals surface area contributed by atoms with Gasteiger partial charge in [-0.3, -0.25) is 10.1 Å². The predicted octanol–water partition coefficient (Wildman–Crippen LogP) is 3.44. The van der Waals surface area contributed by atoms with E-state index in [1.165, 1.54) is 25.0 Å². The number of amides is 1. The van der Waals surface area contributed by atoms with Crippen LogP contribution in [-0.4, -0.2) is 34.4 Å². The molecule has 0 spiro atoms. The van der Waals surface area contributed by atoms with E-state index in [1.54, 1.807) is 0 Å². The Kier molecular flexibility index (Phi) is 4.77. The van der Waals surface area contributed by atoms with E-state index >= 15 is 0 Å². The second-order valence-corrected chi connectivity index (χ2v) is 7.67. The summed E-state index contributed by atoms with van der Waals surface area (Å²) >= 11 is 7.97. The second-order valence-electron chi connectivity index (χ2n) is 5.82. The molecule has 1 aromatic carbocycles. The van der Waals surface area contributed by atoms with E-state index in [0.717, 1.165) is 17.1 Å². The molecule has 3 unspecified atom stereocenters. The van der Waals surface area contributed by atoms with Gasteiger partial charge >= 0.3 is 0 Å². The normalized spacial score (nSPS) is 29.9. The standard InChI is InChI=1S/C16H21ClN2OS/c1-11-16(20)19(10-14-4-2-3-9-21-14)15(18-11)12-5-7-13(17)8-6-12/h5-8,11,14-15,18H,2-4,9-10H2,1H3. The quantitative estimate of drug-likeness (QED) is 0.924. The van der Waals surface area contributed by atoms with Crippen molar-refractivity contribution in [2.75, 3.05) is 12.3 Å². The van der Waals surface area contributed by atoms with Gasteiger partial charge in [-0.15, -0.1) is 0 Å². The molecule has 0 radical (unpaired) electrons.